The van der Waals surface area contributed by atoms with E-state index >= 15 is 0 Å². The van der Waals surface area contributed by atoms with E-state index < -0.39 is 51.7 Å². The minimum absolute atomic E-state index is 0. The van der Waals surface area contributed by atoms with Gasteiger partial charge < -0.3 is 55.3 Å². The van der Waals surface area contributed by atoms with Crippen molar-refractivity contribution >= 4 is 34.0 Å². The molecule has 0 rings (SSSR count). The molecule has 0 radical (unpaired) electrons. The van der Waals surface area contributed by atoms with Gasteiger partial charge in [0, 0.05) is 43.6 Å². The Morgan fingerprint density at radius 3 is 1.76 bits per heavy atom. The van der Waals surface area contributed by atoms with E-state index in [9.17, 15) is 32.1 Å². The van der Waals surface area contributed by atoms with Crippen LogP contribution < -0.4 is 50.8 Å². The van der Waals surface area contributed by atoms with Gasteiger partial charge in [-0.15, -0.1) is 0 Å². The molecule has 6 amide bonds. The van der Waals surface area contributed by atoms with Gasteiger partial charge in [0.05, 0.1) is 42.4 Å². The van der Waals surface area contributed by atoms with Crippen LogP contribution in [0.4, 0.5) is 9.59 Å². The summed E-state index contributed by atoms with van der Waals surface area (Å²) >= 11 is 0. The fourth-order valence-electron chi connectivity index (χ4n) is 3.37. The van der Waals surface area contributed by atoms with E-state index in [1.54, 1.807) is 0 Å². The van der Waals surface area contributed by atoms with E-state index in [2.05, 4.69) is 21.3 Å². The van der Waals surface area contributed by atoms with Gasteiger partial charge in [0.15, 0.2) is 0 Å². The maximum Gasteiger partial charge on any atom is 1.00 e. The molecule has 19 heteroatoms. The van der Waals surface area contributed by atoms with Crippen LogP contribution in [-0.2, 0) is 29.2 Å². The van der Waals surface area contributed by atoms with Crippen LogP contribution in [0.2, 0.25) is 0 Å². The van der Waals surface area contributed by atoms with Gasteiger partial charge in [-0.2, -0.15) is 0 Å². The van der Waals surface area contributed by atoms with Crippen LogP contribution in [0.1, 0.15) is 68.7 Å². The Balaban J connectivity index is -0.00000280. The Morgan fingerprint density at radius 2 is 1.29 bits per heavy atom. The van der Waals surface area contributed by atoms with Crippen LogP contribution in [-0.4, -0.2) is 133 Å². The first kappa shape index (κ1) is 50.1. The molecule has 0 unspecified atom stereocenters. The van der Waals surface area contributed by atoms with E-state index in [1.165, 1.54) is 18.7 Å². The van der Waals surface area contributed by atoms with Gasteiger partial charge in [-0.25, -0.2) is 18.0 Å². The van der Waals surface area contributed by atoms with Gasteiger partial charge in [-0.05, 0) is 34.1 Å². The second-order valence-corrected chi connectivity index (χ2v) is 12.0. The summed E-state index contributed by atoms with van der Waals surface area (Å²) in [6.45, 7) is 6.82. The van der Waals surface area contributed by atoms with Crippen LogP contribution in [0, 0.1) is 0 Å². The van der Waals surface area contributed by atoms with E-state index in [-0.39, 0.29) is 116 Å². The molecule has 0 spiro atoms. The van der Waals surface area contributed by atoms with E-state index in [4.69, 9.17) is 19.7 Å². The summed E-state index contributed by atoms with van der Waals surface area (Å²) in [6, 6.07) is -1.35. The maximum atomic E-state index is 12.8. The number of aliphatic hydroxyl groups excluding tert-OH is 2. The zero-order valence-electron chi connectivity index (χ0n) is 26.1. The number of rotatable bonds is 21. The largest absolute Gasteiger partial charge is 1.00 e. The molecule has 0 bridgehead atoms. The third kappa shape index (κ3) is 26.0. The minimum Gasteiger partial charge on any atom is -0.748 e. The van der Waals surface area contributed by atoms with Crippen molar-refractivity contribution in [3.63, 3.8) is 0 Å². The number of hydrogen-bond acceptors (Lipinski definition) is 11. The Bertz CT molecular complexity index is 971. The maximum absolute atomic E-state index is 12.8. The van der Waals surface area contributed by atoms with Crippen molar-refractivity contribution in [1.82, 2.24) is 31.1 Å². The monoisotopic (exact) mass is 682 g/mol. The fourth-order valence-corrected chi connectivity index (χ4v) is 4.33. The average Bonchev–Trinajstić information content (AvgIpc) is 2.86. The zero-order valence-corrected chi connectivity index (χ0v) is 28.9. The molecule has 0 aromatic rings. The third-order valence-electron chi connectivity index (χ3n) is 5.73. The van der Waals surface area contributed by atoms with Gasteiger partial charge in [0.2, 0.25) is 11.8 Å². The number of nitrogens with zero attached hydrogens (tertiary/aromatic N) is 2. The van der Waals surface area contributed by atoms with Gasteiger partial charge in [0.25, 0.3) is 0 Å². The van der Waals surface area contributed by atoms with Gasteiger partial charge in [-0.1, -0.05) is 21.8 Å². The Morgan fingerprint density at radius 1 is 0.800 bits per heavy atom. The van der Waals surface area contributed by atoms with Gasteiger partial charge >= 0.3 is 41.6 Å². The van der Waals surface area contributed by atoms with Crippen molar-refractivity contribution in [2.45, 2.75) is 79.8 Å². The molecule has 0 aromatic heterocycles. The summed E-state index contributed by atoms with van der Waals surface area (Å²) in [5.74, 6) is -1.69. The van der Waals surface area contributed by atoms with Crippen molar-refractivity contribution < 1.29 is 81.4 Å². The summed E-state index contributed by atoms with van der Waals surface area (Å²) in [7, 11) is -4.59. The Hall–Kier alpha value is -1.77. The number of amides is 6. The molecule has 45 heavy (non-hydrogen) atoms. The van der Waals surface area contributed by atoms with Crippen molar-refractivity contribution in [3.05, 3.63) is 0 Å². The molecule has 0 heterocycles. The van der Waals surface area contributed by atoms with Crippen LogP contribution in [0.3, 0.4) is 0 Å². The number of aliphatic hydroxyl groups is 2. The first-order valence-corrected chi connectivity index (χ1v) is 15.0. The summed E-state index contributed by atoms with van der Waals surface area (Å²) in [5, 5.41) is 28.1. The van der Waals surface area contributed by atoms with Crippen molar-refractivity contribution in [1.29, 1.82) is 0 Å². The van der Waals surface area contributed by atoms with E-state index in [1.807, 2.05) is 20.8 Å². The molecule has 0 aliphatic rings. The van der Waals surface area contributed by atoms with E-state index in [0.717, 1.165) is 4.90 Å². The molecule has 0 fully saturated rings. The van der Waals surface area contributed by atoms with Crippen LogP contribution >= 0.6 is 0 Å². The second kappa shape index (κ2) is 25.3. The second-order valence-electron chi connectivity index (χ2n) is 10.6. The first-order valence-electron chi connectivity index (χ1n) is 13.4. The molecular weight excluding hydrogens is 627 g/mol. The molecule has 0 saturated carbocycles. The fraction of sp³-hybridized carbons (Fsp3) is 0.846. The zero-order chi connectivity index (χ0) is 32.4. The molecule has 0 saturated heterocycles. The van der Waals surface area contributed by atoms with Crippen molar-refractivity contribution in [2.24, 2.45) is 0 Å². The van der Waals surface area contributed by atoms with Gasteiger partial charge in [-0.3, -0.25) is 9.59 Å². The quantitative estimate of drug-likeness (QED) is 0.0303. The smallest absolute Gasteiger partial charge is 0.748 e. The molecule has 0 aliphatic heterocycles. The number of urea groups is 2. The SMILES string of the molecule is C.C.CCC(C)(C)NC(=O)CCN(COCO)C(=O)NCNC(=O)N(CCOCCO)CCC(=O)NC(C)(C)CS(=O)(=O)[O-].[Na+]. The molecule has 0 aromatic carbocycles. The number of carbonyl (C=O) groups excluding carboxylic acids is 4. The summed E-state index contributed by atoms with van der Waals surface area (Å²) in [6.07, 6.45) is 0.444. The average molecular weight is 683 g/mol. The Labute approximate surface area is 290 Å². The van der Waals surface area contributed by atoms with Crippen LogP contribution in [0.25, 0.3) is 0 Å². The van der Waals surface area contributed by atoms with Crippen LogP contribution in [0.15, 0.2) is 0 Å². The normalized spacial score (nSPS) is 11.1. The predicted molar refractivity (Wildman–Crippen MR) is 163 cm³/mol. The predicted octanol–water partition coefficient (Wildman–Crippen LogP) is -3.30. The standard InChI is InChI=1S/C24H48N6O11S.2CH4.Na/c1-6-23(2,3)27-19(33)8-10-30(17-41-18-32)22(36)26-16-25-21(35)29(11-13-40-14-12-31)9-7-20(34)28-24(4,5)15-42(37,38)39;;;/h31-32H,6-18H2,1-5H3,(H,25,35)(H,26,36)(H,27,33)(H,28,34)(H,37,38,39);2*1H4;/q;;;+1/p-1. The number of ether oxygens (including phenoxy) is 2. The number of hydrogen-bond donors (Lipinski definition) is 6. The summed E-state index contributed by atoms with van der Waals surface area (Å²) in [4.78, 5) is 52.4. The first-order chi connectivity index (χ1) is 19.4. The van der Waals surface area contributed by atoms with Crippen LogP contribution in [0.5, 0.6) is 0 Å². The number of carbonyl (C=O) groups is 4. The molecule has 17 nitrogen and oxygen atoms in total. The Kier molecular flexibility index (Phi) is 28.2. The van der Waals surface area contributed by atoms with Gasteiger partial charge in [0.1, 0.15) is 13.5 Å². The molecule has 0 aliphatic carbocycles. The minimum atomic E-state index is -4.59. The summed E-state index contributed by atoms with van der Waals surface area (Å²) in [5.41, 5.74) is -1.74. The molecular formula is C26H55N6NaO11S. The number of nitrogens with one attached hydrogen (secondary N) is 4. The van der Waals surface area contributed by atoms with Crippen molar-refractivity contribution in [2.75, 3.05) is 65.4 Å². The van der Waals surface area contributed by atoms with E-state index in [0.29, 0.717) is 6.42 Å². The third-order valence-corrected chi connectivity index (χ3v) is 6.80. The molecule has 262 valence electrons. The molecule has 0 atom stereocenters. The van der Waals surface area contributed by atoms with Crippen molar-refractivity contribution in [3.8, 4) is 0 Å². The summed E-state index contributed by atoms with van der Waals surface area (Å²) < 4.78 is 43.2. The topological polar surface area (TPSA) is 239 Å². The molecule has 6 N–H and O–H groups in total.